The molecule has 1 heterocycles. The first-order valence-electron chi connectivity index (χ1n) is 4.92. The van der Waals surface area contributed by atoms with Crippen molar-refractivity contribution in [3.8, 4) is 0 Å². The summed E-state index contributed by atoms with van der Waals surface area (Å²) in [6, 6.07) is 12.0. The van der Waals surface area contributed by atoms with Crippen LogP contribution in [0.5, 0.6) is 0 Å². The van der Waals surface area contributed by atoms with Crippen molar-refractivity contribution in [1.82, 2.24) is 10.2 Å². The maximum atomic E-state index is 5.67. The molecule has 0 aliphatic carbocycles. The minimum Gasteiger partial charge on any atom is -0.153 e. The summed E-state index contributed by atoms with van der Waals surface area (Å²) < 4.78 is 0. The normalized spacial score (nSPS) is 10.4. The molecule has 0 radical (unpaired) electrons. The Labute approximate surface area is 104 Å². The van der Waals surface area contributed by atoms with E-state index in [-0.39, 0.29) is 0 Å². The quantitative estimate of drug-likeness (QED) is 0.777. The van der Waals surface area contributed by atoms with E-state index in [1.54, 1.807) is 17.8 Å². The number of hydrogen-bond donors (Lipinski definition) is 0. The summed E-state index contributed by atoms with van der Waals surface area (Å²) in [5.74, 6) is 0.815. The smallest absolute Gasteiger partial charge is 0.151 e. The highest BCUT2D eigenvalue weighted by Gasteiger charge is 2.00. The minimum absolute atomic E-state index is 0.435. The minimum atomic E-state index is 0.435. The molecule has 1 aromatic carbocycles. The van der Waals surface area contributed by atoms with Crippen molar-refractivity contribution in [2.75, 3.05) is 0 Å². The fourth-order valence-corrected chi connectivity index (χ4v) is 2.32. The van der Waals surface area contributed by atoms with Gasteiger partial charge < -0.3 is 0 Å². The van der Waals surface area contributed by atoms with E-state index in [2.05, 4.69) is 29.3 Å². The second-order valence-corrected chi connectivity index (χ2v) is 4.81. The molecule has 0 amide bonds. The molecule has 0 aliphatic rings. The summed E-state index contributed by atoms with van der Waals surface area (Å²) in [5.41, 5.74) is 2.23. The fourth-order valence-electron chi connectivity index (χ4n) is 1.29. The summed E-state index contributed by atoms with van der Waals surface area (Å²) >= 11 is 7.43. The van der Waals surface area contributed by atoms with E-state index in [1.165, 1.54) is 10.5 Å². The van der Waals surface area contributed by atoms with Gasteiger partial charge in [-0.05, 0) is 30.7 Å². The largest absolute Gasteiger partial charge is 0.153 e. The first-order chi connectivity index (χ1) is 7.75. The second-order valence-electron chi connectivity index (χ2n) is 3.40. The third-order valence-electron chi connectivity index (χ3n) is 2.16. The molecule has 2 rings (SSSR count). The van der Waals surface area contributed by atoms with Crippen LogP contribution < -0.4 is 0 Å². The fraction of sp³-hybridized carbons (Fsp3) is 0.167. The van der Waals surface area contributed by atoms with E-state index in [4.69, 9.17) is 11.6 Å². The van der Waals surface area contributed by atoms with Crippen molar-refractivity contribution >= 4 is 23.4 Å². The van der Waals surface area contributed by atoms with Gasteiger partial charge in [-0.1, -0.05) is 29.8 Å². The number of rotatable bonds is 3. The number of benzene rings is 1. The maximum Gasteiger partial charge on any atom is 0.151 e. The van der Waals surface area contributed by atoms with E-state index >= 15 is 0 Å². The van der Waals surface area contributed by atoms with Crippen LogP contribution in [0.2, 0.25) is 5.15 Å². The third kappa shape index (κ3) is 2.97. The molecule has 0 bridgehead atoms. The van der Waals surface area contributed by atoms with Gasteiger partial charge in [0.1, 0.15) is 0 Å². The van der Waals surface area contributed by atoms with Gasteiger partial charge in [-0.2, -0.15) is 5.10 Å². The Morgan fingerprint density at radius 1 is 1.12 bits per heavy atom. The maximum absolute atomic E-state index is 5.67. The molecule has 0 atom stereocenters. The van der Waals surface area contributed by atoms with Crippen molar-refractivity contribution in [1.29, 1.82) is 0 Å². The van der Waals surface area contributed by atoms with Gasteiger partial charge in [-0.3, -0.25) is 0 Å². The average molecular weight is 251 g/mol. The van der Waals surface area contributed by atoms with Crippen molar-refractivity contribution in [2.45, 2.75) is 17.6 Å². The Kier molecular flexibility index (Phi) is 3.80. The van der Waals surface area contributed by atoms with E-state index in [0.717, 1.165) is 11.4 Å². The Morgan fingerprint density at radius 3 is 2.62 bits per heavy atom. The lowest BCUT2D eigenvalue weighted by molar-refractivity contribution is 0.971. The van der Waals surface area contributed by atoms with Crippen molar-refractivity contribution in [3.63, 3.8) is 0 Å². The van der Waals surface area contributed by atoms with E-state index in [9.17, 15) is 0 Å². The van der Waals surface area contributed by atoms with Crippen LogP contribution in [0.25, 0.3) is 0 Å². The van der Waals surface area contributed by atoms with E-state index in [1.807, 2.05) is 18.2 Å². The van der Waals surface area contributed by atoms with Gasteiger partial charge in [0.2, 0.25) is 0 Å². The third-order valence-corrected chi connectivity index (χ3v) is 3.57. The molecule has 2 aromatic rings. The molecule has 4 heteroatoms. The van der Waals surface area contributed by atoms with Crippen LogP contribution in [0.3, 0.4) is 0 Å². The zero-order valence-corrected chi connectivity index (χ0v) is 10.4. The predicted octanol–water partition coefficient (Wildman–Crippen LogP) is 3.73. The van der Waals surface area contributed by atoms with Crippen LogP contribution in [-0.2, 0) is 5.75 Å². The lowest BCUT2D eigenvalue weighted by Gasteiger charge is -2.04. The van der Waals surface area contributed by atoms with Gasteiger partial charge >= 0.3 is 0 Å². The monoisotopic (exact) mass is 250 g/mol. The van der Waals surface area contributed by atoms with Crippen LogP contribution in [0.4, 0.5) is 0 Å². The molecular formula is C12H11ClN2S. The zero-order valence-electron chi connectivity index (χ0n) is 8.85. The molecule has 0 saturated heterocycles. The van der Waals surface area contributed by atoms with Gasteiger partial charge in [-0.15, -0.1) is 16.9 Å². The molecule has 0 N–H and O–H groups in total. The lowest BCUT2D eigenvalue weighted by atomic mass is 10.2. The molecule has 1 aromatic heterocycles. The highest BCUT2D eigenvalue weighted by atomic mass is 35.5. The van der Waals surface area contributed by atoms with Crippen LogP contribution in [-0.4, -0.2) is 10.2 Å². The first-order valence-corrected chi connectivity index (χ1v) is 6.28. The number of nitrogens with zero attached hydrogens (tertiary/aromatic N) is 2. The van der Waals surface area contributed by atoms with E-state index in [0.29, 0.717) is 5.15 Å². The number of thioether (sulfide) groups is 1. The van der Waals surface area contributed by atoms with Gasteiger partial charge in [0.25, 0.3) is 0 Å². The highest BCUT2D eigenvalue weighted by Crippen LogP contribution is 2.24. The van der Waals surface area contributed by atoms with Crippen molar-refractivity contribution < 1.29 is 0 Å². The molecular weight excluding hydrogens is 240 g/mol. The Balaban J connectivity index is 2.02. The topological polar surface area (TPSA) is 25.8 Å². The highest BCUT2D eigenvalue weighted by molar-refractivity contribution is 7.98. The number of aromatic nitrogens is 2. The van der Waals surface area contributed by atoms with Crippen molar-refractivity contribution in [2.24, 2.45) is 0 Å². The van der Waals surface area contributed by atoms with Gasteiger partial charge in [0.05, 0.1) is 5.69 Å². The molecule has 16 heavy (non-hydrogen) atoms. The zero-order chi connectivity index (χ0) is 11.4. The standard InChI is InChI=1S/C12H11ClN2S/c1-9-4-2-3-5-11(9)16-8-10-6-7-12(13)15-14-10/h2-7H,8H2,1H3. The summed E-state index contributed by atoms with van der Waals surface area (Å²) in [7, 11) is 0. The predicted molar refractivity (Wildman–Crippen MR) is 67.8 cm³/mol. The molecule has 0 spiro atoms. The molecule has 2 nitrogen and oxygen atoms in total. The van der Waals surface area contributed by atoms with Crippen molar-refractivity contribution in [3.05, 3.63) is 52.8 Å². The lowest BCUT2D eigenvalue weighted by Crippen LogP contribution is -1.90. The number of aryl methyl sites for hydroxylation is 1. The summed E-state index contributed by atoms with van der Waals surface area (Å²) in [4.78, 5) is 1.28. The molecule has 0 saturated carbocycles. The second kappa shape index (κ2) is 5.32. The molecule has 0 aliphatic heterocycles. The summed E-state index contributed by atoms with van der Waals surface area (Å²) in [6.45, 7) is 2.11. The Bertz CT molecular complexity index is 471. The summed E-state index contributed by atoms with van der Waals surface area (Å²) in [6.07, 6.45) is 0. The van der Waals surface area contributed by atoms with Gasteiger partial charge in [-0.25, -0.2) is 0 Å². The Hall–Kier alpha value is -1.06. The molecule has 0 unspecified atom stereocenters. The Morgan fingerprint density at radius 2 is 1.94 bits per heavy atom. The van der Waals surface area contributed by atoms with Crippen LogP contribution >= 0.6 is 23.4 Å². The number of halogens is 1. The van der Waals surface area contributed by atoms with Crippen LogP contribution in [0, 0.1) is 6.92 Å². The van der Waals surface area contributed by atoms with Gasteiger partial charge in [0, 0.05) is 10.6 Å². The van der Waals surface area contributed by atoms with Crippen LogP contribution in [0.1, 0.15) is 11.3 Å². The summed E-state index contributed by atoms with van der Waals surface area (Å²) in [5, 5.41) is 8.27. The molecule has 82 valence electrons. The van der Waals surface area contributed by atoms with Crippen LogP contribution in [0.15, 0.2) is 41.3 Å². The average Bonchev–Trinajstić information content (AvgIpc) is 2.30. The number of hydrogen-bond acceptors (Lipinski definition) is 3. The molecule has 0 fully saturated rings. The van der Waals surface area contributed by atoms with Gasteiger partial charge in [0.15, 0.2) is 5.15 Å². The first kappa shape index (κ1) is 11.4. The SMILES string of the molecule is Cc1ccccc1SCc1ccc(Cl)nn1. The van der Waals surface area contributed by atoms with E-state index < -0.39 is 0 Å².